The Bertz CT molecular complexity index is 665. The molecule has 0 saturated carbocycles. The molecule has 0 fully saturated rings. The molecule has 0 saturated heterocycles. The molecule has 0 aliphatic carbocycles. The summed E-state index contributed by atoms with van der Waals surface area (Å²) in [6, 6.07) is 10.8. The Labute approximate surface area is 144 Å². The van der Waals surface area contributed by atoms with E-state index in [2.05, 4.69) is 45.2 Å². The Kier molecular flexibility index (Phi) is 5.00. The lowest BCUT2D eigenvalue weighted by Crippen LogP contribution is -2.34. The summed E-state index contributed by atoms with van der Waals surface area (Å²) in [5.74, 6) is 0.269. The van der Waals surface area contributed by atoms with Gasteiger partial charge in [0.25, 0.3) is 0 Å². The third kappa shape index (κ3) is 3.49. The molecule has 0 N–H and O–H groups in total. The first-order chi connectivity index (χ1) is 9.46. The summed E-state index contributed by atoms with van der Waals surface area (Å²) in [4.78, 5) is 22.8. The van der Waals surface area contributed by atoms with Crippen LogP contribution in [-0.4, -0.2) is 20.1 Å². The van der Waals surface area contributed by atoms with Gasteiger partial charge in [0.05, 0.1) is 0 Å². The SMILES string of the molecule is CC(I)(CI)C(=O)Oc1ccc2cc(C=O)ccc2c1. The van der Waals surface area contributed by atoms with Crippen LogP contribution in [-0.2, 0) is 4.79 Å². The molecule has 0 amide bonds. The number of hydrogen-bond donors (Lipinski definition) is 0. The van der Waals surface area contributed by atoms with E-state index < -0.39 is 3.42 Å². The molecule has 0 heterocycles. The van der Waals surface area contributed by atoms with E-state index in [4.69, 9.17) is 4.74 Å². The number of halogens is 2. The standard InChI is InChI=1S/C15H12I2O3/c1-15(17,9-16)14(19)20-13-5-4-11-6-10(8-18)2-3-12(11)7-13/h2-8H,9H2,1H3. The van der Waals surface area contributed by atoms with Crippen LogP contribution in [0.2, 0.25) is 0 Å². The minimum absolute atomic E-state index is 0.253. The zero-order chi connectivity index (χ0) is 14.8. The topological polar surface area (TPSA) is 43.4 Å². The van der Waals surface area contributed by atoms with Gasteiger partial charge in [0, 0.05) is 9.99 Å². The molecule has 2 aromatic carbocycles. The minimum atomic E-state index is -0.533. The van der Waals surface area contributed by atoms with E-state index in [9.17, 15) is 9.59 Å². The second-order valence-electron chi connectivity index (χ2n) is 4.61. The van der Waals surface area contributed by atoms with E-state index >= 15 is 0 Å². The average molecular weight is 494 g/mol. The molecular weight excluding hydrogens is 482 g/mol. The fourth-order valence-electron chi connectivity index (χ4n) is 1.65. The lowest BCUT2D eigenvalue weighted by atomic mass is 10.1. The third-order valence-electron chi connectivity index (χ3n) is 2.86. The molecule has 5 heteroatoms. The van der Waals surface area contributed by atoms with Crippen LogP contribution in [0.25, 0.3) is 10.8 Å². The van der Waals surface area contributed by atoms with Gasteiger partial charge in [-0.1, -0.05) is 63.4 Å². The van der Waals surface area contributed by atoms with Crippen LogP contribution in [0.3, 0.4) is 0 Å². The van der Waals surface area contributed by atoms with Gasteiger partial charge in [0.1, 0.15) is 15.5 Å². The number of aldehydes is 1. The van der Waals surface area contributed by atoms with Crippen molar-refractivity contribution in [3.05, 3.63) is 42.0 Å². The first-order valence-corrected chi connectivity index (χ1v) is 8.53. The Balaban J connectivity index is 2.29. The molecule has 3 nitrogen and oxygen atoms in total. The Morgan fingerprint density at radius 2 is 1.90 bits per heavy atom. The summed E-state index contributed by atoms with van der Waals surface area (Å²) in [7, 11) is 0. The van der Waals surface area contributed by atoms with Crippen molar-refractivity contribution in [2.45, 2.75) is 10.3 Å². The van der Waals surface area contributed by atoms with E-state index in [0.717, 1.165) is 17.1 Å². The van der Waals surface area contributed by atoms with Crippen molar-refractivity contribution < 1.29 is 14.3 Å². The van der Waals surface area contributed by atoms with Crippen LogP contribution >= 0.6 is 45.2 Å². The predicted molar refractivity (Wildman–Crippen MR) is 96.3 cm³/mol. The lowest BCUT2D eigenvalue weighted by molar-refractivity contribution is -0.135. The highest BCUT2D eigenvalue weighted by Crippen LogP contribution is 2.26. The number of benzene rings is 2. The van der Waals surface area contributed by atoms with Gasteiger partial charge in [-0.05, 0) is 35.9 Å². The zero-order valence-electron chi connectivity index (χ0n) is 10.7. The monoisotopic (exact) mass is 494 g/mol. The van der Waals surface area contributed by atoms with Crippen molar-refractivity contribution in [3.63, 3.8) is 0 Å². The average Bonchev–Trinajstić information content (AvgIpc) is 2.46. The van der Waals surface area contributed by atoms with E-state index in [1.54, 1.807) is 18.2 Å². The fraction of sp³-hybridized carbons (Fsp3) is 0.200. The largest absolute Gasteiger partial charge is 0.426 e. The summed E-state index contributed by atoms with van der Waals surface area (Å²) in [5.41, 5.74) is 0.631. The highest BCUT2D eigenvalue weighted by Gasteiger charge is 2.30. The van der Waals surface area contributed by atoms with E-state index in [1.807, 2.05) is 25.1 Å². The summed E-state index contributed by atoms with van der Waals surface area (Å²) in [5, 5.41) is 1.88. The van der Waals surface area contributed by atoms with Crippen molar-refractivity contribution in [2.75, 3.05) is 4.43 Å². The van der Waals surface area contributed by atoms with Crippen LogP contribution in [0.5, 0.6) is 5.75 Å². The highest BCUT2D eigenvalue weighted by molar-refractivity contribution is 14.1. The first-order valence-electron chi connectivity index (χ1n) is 5.92. The van der Waals surface area contributed by atoms with Crippen molar-refractivity contribution >= 4 is 68.2 Å². The van der Waals surface area contributed by atoms with Gasteiger partial charge >= 0.3 is 5.97 Å². The van der Waals surface area contributed by atoms with E-state index in [0.29, 0.717) is 15.7 Å². The number of alkyl halides is 2. The molecule has 20 heavy (non-hydrogen) atoms. The number of carbonyl (C=O) groups excluding carboxylic acids is 2. The Morgan fingerprint density at radius 1 is 1.25 bits per heavy atom. The molecule has 2 aromatic rings. The second kappa shape index (κ2) is 6.38. The van der Waals surface area contributed by atoms with Crippen LogP contribution in [0.1, 0.15) is 17.3 Å². The molecule has 0 radical (unpaired) electrons. The summed E-state index contributed by atoms with van der Waals surface area (Å²) in [6.45, 7) is 1.85. The quantitative estimate of drug-likeness (QED) is 0.211. The summed E-state index contributed by atoms with van der Waals surface area (Å²) < 4.78 is 5.56. The first kappa shape index (κ1) is 15.7. The number of carbonyl (C=O) groups is 2. The highest BCUT2D eigenvalue weighted by atomic mass is 127. The number of ether oxygens (including phenoxy) is 1. The normalized spacial score (nSPS) is 13.8. The molecule has 1 unspecified atom stereocenters. The smallest absolute Gasteiger partial charge is 0.327 e. The minimum Gasteiger partial charge on any atom is -0.426 e. The van der Waals surface area contributed by atoms with Crippen molar-refractivity contribution in [1.82, 2.24) is 0 Å². The van der Waals surface area contributed by atoms with E-state index in [1.165, 1.54) is 0 Å². The van der Waals surface area contributed by atoms with Gasteiger partial charge in [0.15, 0.2) is 0 Å². The van der Waals surface area contributed by atoms with Gasteiger partial charge in [0.2, 0.25) is 0 Å². The lowest BCUT2D eigenvalue weighted by Gasteiger charge is -2.17. The molecule has 0 spiro atoms. The molecule has 0 aliphatic rings. The van der Waals surface area contributed by atoms with Crippen molar-refractivity contribution in [1.29, 1.82) is 0 Å². The van der Waals surface area contributed by atoms with Crippen LogP contribution in [0, 0.1) is 0 Å². The Hall–Kier alpha value is -0.700. The van der Waals surface area contributed by atoms with Gasteiger partial charge in [-0.25, -0.2) is 0 Å². The van der Waals surface area contributed by atoms with E-state index in [-0.39, 0.29) is 5.97 Å². The molecule has 104 valence electrons. The molecule has 0 aromatic heterocycles. The Morgan fingerprint density at radius 3 is 2.55 bits per heavy atom. The van der Waals surface area contributed by atoms with Gasteiger partial charge in [-0.2, -0.15) is 0 Å². The van der Waals surface area contributed by atoms with Gasteiger partial charge < -0.3 is 4.74 Å². The second-order valence-corrected chi connectivity index (χ2v) is 7.75. The van der Waals surface area contributed by atoms with Crippen LogP contribution < -0.4 is 4.74 Å². The summed E-state index contributed by atoms with van der Waals surface area (Å²) >= 11 is 4.27. The maximum Gasteiger partial charge on any atom is 0.327 e. The maximum absolute atomic E-state index is 12.0. The van der Waals surface area contributed by atoms with Gasteiger partial charge in [-0.3, -0.25) is 9.59 Å². The summed E-state index contributed by atoms with van der Waals surface area (Å²) in [6.07, 6.45) is 0.815. The number of fused-ring (bicyclic) bond motifs is 1. The molecule has 0 aliphatic heterocycles. The molecule has 2 rings (SSSR count). The van der Waals surface area contributed by atoms with Crippen molar-refractivity contribution in [2.24, 2.45) is 0 Å². The third-order valence-corrected chi connectivity index (χ3v) is 6.67. The van der Waals surface area contributed by atoms with Crippen molar-refractivity contribution in [3.8, 4) is 5.75 Å². The predicted octanol–water partition coefficient (Wildman–Crippen LogP) is 4.19. The van der Waals surface area contributed by atoms with Gasteiger partial charge in [-0.15, -0.1) is 0 Å². The number of hydrogen-bond acceptors (Lipinski definition) is 3. The fourth-order valence-corrected chi connectivity index (χ4v) is 2.07. The molecule has 0 bridgehead atoms. The van der Waals surface area contributed by atoms with Crippen LogP contribution in [0.15, 0.2) is 36.4 Å². The number of esters is 1. The zero-order valence-corrected chi connectivity index (χ0v) is 15.0. The molecular formula is C15H12I2O3. The number of rotatable bonds is 4. The van der Waals surface area contributed by atoms with Crippen LogP contribution in [0.4, 0.5) is 0 Å². The molecule has 1 atom stereocenters. The maximum atomic E-state index is 12.0.